The Morgan fingerprint density at radius 3 is 2.93 bits per heavy atom. The van der Waals surface area contributed by atoms with Crippen LogP contribution < -0.4 is 10.1 Å². The summed E-state index contributed by atoms with van der Waals surface area (Å²) in [4.78, 5) is 15.8. The SMILES string of the molecule is COC(=O)[C@@]12CC[C@]3(C=CCN4CC[C@@]5(c6cccc(OC)c6N[C@@]15O)[C@@H]43)C2. The summed E-state index contributed by atoms with van der Waals surface area (Å²) in [6.07, 6.45) is 7.53. The van der Waals surface area contributed by atoms with E-state index in [1.807, 2.05) is 12.1 Å². The number of ether oxygens (including phenoxy) is 2. The van der Waals surface area contributed by atoms with Crippen LogP contribution in [0.15, 0.2) is 30.4 Å². The Hall–Kier alpha value is -2.05. The summed E-state index contributed by atoms with van der Waals surface area (Å²) in [5.41, 5.74) is -1.13. The summed E-state index contributed by atoms with van der Waals surface area (Å²) < 4.78 is 10.9. The Morgan fingerprint density at radius 2 is 2.14 bits per heavy atom. The highest BCUT2D eigenvalue weighted by atomic mass is 16.5. The molecule has 0 radical (unpaired) electrons. The van der Waals surface area contributed by atoms with Crippen LogP contribution in [0.5, 0.6) is 5.75 Å². The normalized spacial score (nSPS) is 44.5. The fourth-order valence-corrected chi connectivity index (χ4v) is 7.75. The summed E-state index contributed by atoms with van der Waals surface area (Å²) in [5, 5.41) is 15.9. The number of methoxy groups -OCH3 is 2. The minimum Gasteiger partial charge on any atom is -0.495 e. The van der Waals surface area contributed by atoms with Gasteiger partial charge < -0.3 is 19.9 Å². The number of benzene rings is 1. The first kappa shape index (κ1) is 16.9. The number of hydrogen-bond acceptors (Lipinski definition) is 6. The molecule has 28 heavy (non-hydrogen) atoms. The van der Waals surface area contributed by atoms with Crippen molar-refractivity contribution in [1.29, 1.82) is 0 Å². The lowest BCUT2D eigenvalue weighted by Crippen LogP contribution is -2.74. The summed E-state index contributed by atoms with van der Waals surface area (Å²) in [6.45, 7) is 1.81. The minimum atomic E-state index is -1.39. The van der Waals surface area contributed by atoms with Gasteiger partial charge in [0.25, 0.3) is 0 Å². The number of carbonyl (C=O) groups is 1. The molecule has 3 fully saturated rings. The molecule has 5 aliphatic rings. The van der Waals surface area contributed by atoms with E-state index in [0.29, 0.717) is 18.6 Å². The number of fused-ring (bicyclic) bond motifs is 3. The van der Waals surface area contributed by atoms with Crippen molar-refractivity contribution in [3.8, 4) is 5.75 Å². The molecule has 3 aliphatic heterocycles. The van der Waals surface area contributed by atoms with Gasteiger partial charge in [-0.15, -0.1) is 0 Å². The number of nitrogens with one attached hydrogen (secondary N) is 1. The van der Waals surface area contributed by atoms with Crippen LogP contribution in [-0.4, -0.2) is 55.1 Å². The van der Waals surface area contributed by atoms with Crippen LogP contribution in [-0.2, 0) is 14.9 Å². The Labute approximate surface area is 164 Å². The number of rotatable bonds is 2. The molecule has 0 aromatic heterocycles. The van der Waals surface area contributed by atoms with Gasteiger partial charge in [-0.2, -0.15) is 0 Å². The Kier molecular flexibility index (Phi) is 2.96. The van der Waals surface area contributed by atoms with Gasteiger partial charge in [0.2, 0.25) is 0 Å². The maximum Gasteiger partial charge on any atom is 0.316 e. The first-order valence-electron chi connectivity index (χ1n) is 10.2. The van der Waals surface area contributed by atoms with E-state index in [9.17, 15) is 9.90 Å². The van der Waals surface area contributed by atoms with E-state index in [-0.39, 0.29) is 17.4 Å². The van der Waals surface area contributed by atoms with Gasteiger partial charge in [0, 0.05) is 18.0 Å². The molecule has 2 bridgehead atoms. The van der Waals surface area contributed by atoms with E-state index >= 15 is 0 Å². The predicted molar refractivity (Wildman–Crippen MR) is 103 cm³/mol. The topological polar surface area (TPSA) is 71.0 Å². The lowest BCUT2D eigenvalue weighted by Gasteiger charge is -2.60. The van der Waals surface area contributed by atoms with Gasteiger partial charge in [-0.3, -0.25) is 9.69 Å². The summed E-state index contributed by atoms with van der Waals surface area (Å²) in [6, 6.07) is 6.18. The van der Waals surface area contributed by atoms with Crippen molar-refractivity contribution in [1.82, 2.24) is 4.90 Å². The van der Waals surface area contributed by atoms with E-state index in [1.54, 1.807) is 7.11 Å². The fraction of sp³-hybridized carbons (Fsp3) is 0.591. The molecule has 1 saturated heterocycles. The highest BCUT2D eigenvalue weighted by molar-refractivity contribution is 5.85. The van der Waals surface area contributed by atoms with Gasteiger partial charge in [-0.25, -0.2) is 0 Å². The van der Waals surface area contributed by atoms with Crippen molar-refractivity contribution in [2.24, 2.45) is 10.8 Å². The molecule has 148 valence electrons. The van der Waals surface area contributed by atoms with Crippen molar-refractivity contribution < 1.29 is 19.4 Å². The van der Waals surface area contributed by atoms with Gasteiger partial charge in [-0.1, -0.05) is 24.3 Å². The number of carbonyl (C=O) groups excluding carboxylic acids is 1. The van der Waals surface area contributed by atoms with E-state index in [4.69, 9.17) is 9.47 Å². The second-order valence-electron chi connectivity index (χ2n) is 9.22. The van der Waals surface area contributed by atoms with E-state index in [2.05, 4.69) is 28.4 Å². The zero-order valence-electron chi connectivity index (χ0n) is 16.3. The standard InChI is InChI=1S/C22H26N2O4/c1-27-15-6-3-5-14-16(15)23-22(26)20(18(25)28-2)9-8-19(13-20)7-4-11-24-12-10-21(14,22)17(19)24/h3-7,17,23,26H,8-13H2,1-2H3/t17-,19+,20-,21+,22+/m0/s1. The Balaban J connectivity index is 1.70. The molecule has 2 saturated carbocycles. The fourth-order valence-electron chi connectivity index (χ4n) is 7.75. The highest BCUT2D eigenvalue weighted by Gasteiger charge is 2.83. The molecule has 2 spiro atoms. The van der Waals surface area contributed by atoms with Gasteiger partial charge in [0.15, 0.2) is 5.72 Å². The van der Waals surface area contributed by atoms with Crippen LogP contribution in [0, 0.1) is 10.8 Å². The van der Waals surface area contributed by atoms with Crippen molar-refractivity contribution in [2.45, 2.75) is 42.9 Å². The molecule has 0 amide bonds. The third-order valence-corrected chi connectivity index (χ3v) is 8.55. The van der Waals surface area contributed by atoms with Crippen LogP contribution in [0.4, 0.5) is 5.69 Å². The molecule has 6 heteroatoms. The highest BCUT2D eigenvalue weighted by Crippen LogP contribution is 2.76. The predicted octanol–water partition coefficient (Wildman–Crippen LogP) is 2.03. The maximum atomic E-state index is 13.3. The monoisotopic (exact) mass is 382 g/mol. The molecule has 1 aromatic carbocycles. The number of para-hydroxylation sites is 1. The number of hydrogen-bond donors (Lipinski definition) is 2. The van der Waals surface area contributed by atoms with Crippen LogP contribution in [0.1, 0.15) is 31.2 Å². The van der Waals surface area contributed by atoms with Crippen molar-refractivity contribution in [2.75, 3.05) is 32.6 Å². The largest absolute Gasteiger partial charge is 0.495 e. The van der Waals surface area contributed by atoms with Crippen LogP contribution in [0.3, 0.4) is 0 Å². The first-order valence-corrected chi connectivity index (χ1v) is 10.2. The van der Waals surface area contributed by atoms with Crippen molar-refractivity contribution in [3.63, 3.8) is 0 Å². The molecule has 6 nitrogen and oxygen atoms in total. The zero-order valence-corrected chi connectivity index (χ0v) is 16.3. The number of esters is 1. The third-order valence-electron chi connectivity index (χ3n) is 8.55. The second kappa shape index (κ2) is 4.92. The summed E-state index contributed by atoms with van der Waals surface area (Å²) in [5.74, 6) is 0.408. The number of anilines is 1. The number of nitrogens with zero attached hydrogens (tertiary/aromatic N) is 1. The summed E-state index contributed by atoms with van der Waals surface area (Å²) >= 11 is 0. The quantitative estimate of drug-likeness (QED) is 0.603. The van der Waals surface area contributed by atoms with Gasteiger partial charge >= 0.3 is 5.97 Å². The molecule has 3 heterocycles. The Bertz CT molecular complexity index is 931. The third kappa shape index (κ3) is 1.46. The molecule has 6 rings (SSSR count). The molecule has 2 aliphatic carbocycles. The average Bonchev–Trinajstić information content (AvgIpc) is 3.36. The van der Waals surface area contributed by atoms with Crippen LogP contribution in [0.2, 0.25) is 0 Å². The summed E-state index contributed by atoms with van der Waals surface area (Å²) in [7, 11) is 3.08. The zero-order chi connectivity index (χ0) is 19.4. The van der Waals surface area contributed by atoms with E-state index < -0.39 is 16.6 Å². The molecule has 0 unspecified atom stereocenters. The van der Waals surface area contributed by atoms with Gasteiger partial charge in [0.1, 0.15) is 11.2 Å². The van der Waals surface area contributed by atoms with Crippen LogP contribution in [0.25, 0.3) is 0 Å². The molecule has 5 atom stereocenters. The maximum absolute atomic E-state index is 13.3. The molecule has 2 N–H and O–H groups in total. The van der Waals surface area contributed by atoms with Gasteiger partial charge in [0.05, 0.1) is 25.3 Å². The van der Waals surface area contributed by atoms with E-state index in [1.165, 1.54) is 7.11 Å². The molecule has 1 aromatic rings. The smallest absolute Gasteiger partial charge is 0.316 e. The van der Waals surface area contributed by atoms with Crippen molar-refractivity contribution in [3.05, 3.63) is 35.9 Å². The minimum absolute atomic E-state index is 0.110. The molecular weight excluding hydrogens is 356 g/mol. The van der Waals surface area contributed by atoms with Gasteiger partial charge in [-0.05, 0) is 43.9 Å². The Morgan fingerprint density at radius 1 is 1.29 bits per heavy atom. The lowest BCUT2D eigenvalue weighted by atomic mass is 9.48. The average molecular weight is 382 g/mol. The second-order valence-corrected chi connectivity index (χ2v) is 9.22. The number of aliphatic hydroxyl groups is 1. The first-order chi connectivity index (χ1) is 13.5. The van der Waals surface area contributed by atoms with Crippen LogP contribution >= 0.6 is 0 Å². The lowest BCUT2D eigenvalue weighted by molar-refractivity contribution is -0.194. The van der Waals surface area contributed by atoms with E-state index in [0.717, 1.165) is 37.2 Å². The molecular formula is C22H26N2O4. The van der Waals surface area contributed by atoms with Crippen molar-refractivity contribution >= 4 is 11.7 Å².